The number of carbonyl (C=O) groups is 2. The molecule has 2 heterocycles. The first-order chi connectivity index (χ1) is 14.2. The van der Waals surface area contributed by atoms with Crippen molar-refractivity contribution in [2.75, 3.05) is 18.2 Å². The van der Waals surface area contributed by atoms with Crippen molar-refractivity contribution in [3.63, 3.8) is 0 Å². The minimum Gasteiger partial charge on any atom is -0.361 e. The number of thioether (sulfide) groups is 1. The van der Waals surface area contributed by atoms with Gasteiger partial charge in [0.25, 0.3) is 0 Å². The topological polar surface area (TPSA) is 59.5 Å². The first-order valence-corrected chi connectivity index (χ1v) is 15.0. The van der Waals surface area contributed by atoms with Crippen LogP contribution in [-0.4, -0.2) is 36.8 Å². The van der Waals surface area contributed by atoms with Gasteiger partial charge in [-0.1, -0.05) is 44.4 Å². The standard InChI is InChI=1S/C22H26N2O3S2Si/c1-30(2,3)10-9-27-14-24-19-18(5-4-8-23-19)22(20(24)25)12-15-6-7-17(29-21(26)28)11-16(15)13-22/h4-8,11H,9-10,12-14H2,1-3H3,(H,26,28)/t22-/m1/s1. The SMILES string of the molecule is C[Si](C)(C)CCOCN1C(=O)[C@@]2(Cc3ccc(SC(=O)S)cc3C2)c2cccnc21. The van der Waals surface area contributed by atoms with Crippen molar-refractivity contribution >= 4 is 48.6 Å². The number of carbonyl (C=O) groups excluding carboxylic acids is 2. The van der Waals surface area contributed by atoms with Crippen LogP contribution in [0.5, 0.6) is 0 Å². The first kappa shape index (κ1) is 21.6. The molecule has 1 spiro atoms. The molecule has 1 aromatic heterocycles. The van der Waals surface area contributed by atoms with Gasteiger partial charge >= 0.3 is 0 Å². The zero-order valence-corrected chi connectivity index (χ0v) is 20.2. The fourth-order valence-corrected chi connectivity index (χ4v) is 5.88. The van der Waals surface area contributed by atoms with Crippen molar-refractivity contribution in [1.29, 1.82) is 0 Å². The van der Waals surface area contributed by atoms with E-state index < -0.39 is 13.5 Å². The van der Waals surface area contributed by atoms with E-state index in [-0.39, 0.29) is 17.1 Å². The zero-order chi connectivity index (χ0) is 21.5. The first-order valence-electron chi connectivity index (χ1n) is 10.1. The lowest BCUT2D eigenvalue weighted by molar-refractivity contribution is -0.124. The molecule has 2 aromatic rings. The Hall–Kier alpha value is -1.61. The summed E-state index contributed by atoms with van der Waals surface area (Å²) in [6.45, 7) is 7.83. The molecule has 0 bridgehead atoms. The Kier molecular flexibility index (Phi) is 5.87. The average molecular weight is 459 g/mol. The van der Waals surface area contributed by atoms with Gasteiger partial charge in [-0.3, -0.25) is 14.5 Å². The molecule has 1 aliphatic heterocycles. The van der Waals surface area contributed by atoms with E-state index in [0.29, 0.717) is 25.3 Å². The highest BCUT2D eigenvalue weighted by Gasteiger charge is 2.54. The Morgan fingerprint density at radius 3 is 2.77 bits per heavy atom. The molecule has 1 amide bonds. The Morgan fingerprint density at radius 1 is 1.27 bits per heavy atom. The Balaban J connectivity index is 1.58. The van der Waals surface area contributed by atoms with E-state index in [4.69, 9.17) is 4.74 Å². The largest absolute Gasteiger partial charge is 0.361 e. The quantitative estimate of drug-likeness (QED) is 0.288. The Morgan fingerprint density at radius 2 is 2.03 bits per heavy atom. The predicted octanol–water partition coefficient (Wildman–Crippen LogP) is 4.92. The van der Waals surface area contributed by atoms with Crippen LogP contribution in [0.3, 0.4) is 0 Å². The van der Waals surface area contributed by atoms with Crippen molar-refractivity contribution in [3.8, 4) is 0 Å². The van der Waals surface area contributed by atoms with Gasteiger partial charge in [-0.05, 0) is 60.0 Å². The van der Waals surface area contributed by atoms with Gasteiger partial charge < -0.3 is 4.74 Å². The van der Waals surface area contributed by atoms with Crippen LogP contribution in [0.15, 0.2) is 41.4 Å². The molecule has 0 fully saturated rings. The van der Waals surface area contributed by atoms with Gasteiger partial charge in [0.1, 0.15) is 12.5 Å². The molecule has 1 aromatic carbocycles. The molecule has 8 heteroatoms. The molecular formula is C22H26N2O3S2Si. The third kappa shape index (κ3) is 4.10. The van der Waals surface area contributed by atoms with Crippen LogP contribution < -0.4 is 4.90 Å². The van der Waals surface area contributed by atoms with E-state index in [0.717, 1.165) is 39.4 Å². The highest BCUT2D eigenvalue weighted by molar-refractivity contribution is 8.32. The van der Waals surface area contributed by atoms with E-state index in [1.54, 1.807) is 11.1 Å². The predicted molar refractivity (Wildman–Crippen MR) is 126 cm³/mol. The van der Waals surface area contributed by atoms with Crippen LogP contribution in [0.1, 0.15) is 16.7 Å². The molecule has 30 heavy (non-hydrogen) atoms. The molecule has 4 rings (SSSR count). The number of amides is 1. The lowest BCUT2D eigenvalue weighted by atomic mass is 9.79. The van der Waals surface area contributed by atoms with Crippen LogP contribution in [0.2, 0.25) is 25.7 Å². The number of ether oxygens (including phenoxy) is 1. The van der Waals surface area contributed by atoms with Crippen LogP contribution in [0.4, 0.5) is 10.6 Å². The highest BCUT2D eigenvalue weighted by atomic mass is 32.2. The van der Waals surface area contributed by atoms with Crippen molar-refractivity contribution < 1.29 is 14.3 Å². The summed E-state index contributed by atoms with van der Waals surface area (Å²) in [5.41, 5.74) is 2.59. The molecule has 0 unspecified atom stereocenters. The van der Waals surface area contributed by atoms with Crippen LogP contribution in [0.25, 0.3) is 0 Å². The summed E-state index contributed by atoms with van der Waals surface area (Å²) in [7, 11) is -1.19. The van der Waals surface area contributed by atoms with Gasteiger partial charge in [0, 0.05) is 31.3 Å². The third-order valence-electron chi connectivity index (χ3n) is 5.80. The summed E-state index contributed by atoms with van der Waals surface area (Å²) >= 11 is 4.96. The molecule has 0 saturated carbocycles. The van der Waals surface area contributed by atoms with Crippen LogP contribution in [0, 0.1) is 0 Å². The monoisotopic (exact) mass is 458 g/mol. The van der Waals surface area contributed by atoms with Crippen molar-refractivity contribution in [1.82, 2.24) is 4.98 Å². The molecule has 2 aliphatic rings. The number of anilines is 1. The van der Waals surface area contributed by atoms with E-state index in [1.807, 2.05) is 30.3 Å². The molecule has 1 aliphatic carbocycles. The number of aromatic nitrogens is 1. The van der Waals surface area contributed by atoms with Gasteiger partial charge in [-0.2, -0.15) is 0 Å². The molecule has 158 valence electrons. The number of thiol groups is 1. The maximum absolute atomic E-state index is 13.7. The summed E-state index contributed by atoms with van der Waals surface area (Å²) in [4.78, 5) is 32.1. The Labute approximate surface area is 188 Å². The highest BCUT2D eigenvalue weighted by Crippen LogP contribution is 2.49. The van der Waals surface area contributed by atoms with Crippen molar-refractivity contribution in [2.24, 2.45) is 0 Å². The van der Waals surface area contributed by atoms with Crippen LogP contribution in [-0.2, 0) is 27.8 Å². The number of nitrogens with zero attached hydrogens (tertiary/aromatic N) is 2. The Bertz CT molecular complexity index is 1010. The molecule has 0 radical (unpaired) electrons. The molecule has 1 atom stereocenters. The third-order valence-corrected chi connectivity index (χ3v) is 8.44. The number of fused-ring (bicyclic) bond motifs is 3. The van der Waals surface area contributed by atoms with E-state index in [2.05, 4.69) is 37.3 Å². The number of benzene rings is 1. The number of rotatable bonds is 6. The number of hydrogen-bond acceptors (Lipinski definition) is 5. The second-order valence-electron chi connectivity index (χ2n) is 9.19. The zero-order valence-electron chi connectivity index (χ0n) is 17.5. The smallest absolute Gasteiger partial charge is 0.247 e. The van der Waals surface area contributed by atoms with Gasteiger partial charge in [-0.15, -0.1) is 0 Å². The van der Waals surface area contributed by atoms with Gasteiger partial charge in [0.2, 0.25) is 10.4 Å². The fraction of sp³-hybridized carbons (Fsp3) is 0.409. The lowest BCUT2D eigenvalue weighted by Gasteiger charge is -2.23. The number of pyridine rings is 1. The lowest BCUT2D eigenvalue weighted by Crippen LogP contribution is -2.42. The molecule has 0 N–H and O–H groups in total. The number of hydrogen-bond donors (Lipinski definition) is 1. The second kappa shape index (κ2) is 8.14. The normalized spacial score (nSPS) is 20.0. The van der Waals surface area contributed by atoms with Gasteiger partial charge in [-0.25, -0.2) is 4.98 Å². The van der Waals surface area contributed by atoms with Crippen molar-refractivity contribution in [3.05, 3.63) is 53.2 Å². The summed E-state index contributed by atoms with van der Waals surface area (Å²) < 4.78 is 5.67. The van der Waals surface area contributed by atoms with Gasteiger partial charge in [0.15, 0.2) is 0 Å². The van der Waals surface area contributed by atoms with E-state index in [1.165, 1.54) is 0 Å². The maximum Gasteiger partial charge on any atom is 0.247 e. The summed E-state index contributed by atoms with van der Waals surface area (Å²) in [6, 6.07) is 10.9. The summed E-state index contributed by atoms with van der Waals surface area (Å²) in [5.74, 6) is 0.767. The fourth-order valence-electron chi connectivity index (χ4n) is 4.27. The van der Waals surface area contributed by atoms with Crippen molar-refractivity contribution in [2.45, 2.75) is 48.8 Å². The maximum atomic E-state index is 13.7. The van der Waals surface area contributed by atoms with Gasteiger partial charge in [0.05, 0.1) is 5.41 Å². The summed E-state index contributed by atoms with van der Waals surface area (Å²) in [6.07, 6.45) is 2.99. The molecular weight excluding hydrogens is 432 g/mol. The second-order valence-corrected chi connectivity index (χ2v) is 16.6. The molecule has 5 nitrogen and oxygen atoms in total. The minimum absolute atomic E-state index is 0.0554. The average Bonchev–Trinajstić information content (AvgIpc) is 3.15. The molecule has 0 saturated heterocycles. The summed E-state index contributed by atoms with van der Waals surface area (Å²) in [5, 5.41) is 0. The van der Waals surface area contributed by atoms with E-state index in [9.17, 15) is 9.59 Å². The van der Waals surface area contributed by atoms with E-state index >= 15 is 0 Å². The van der Waals surface area contributed by atoms with Crippen LogP contribution >= 0.6 is 24.4 Å². The minimum atomic E-state index is -1.19.